The quantitative estimate of drug-likeness (QED) is 0.608. The van der Waals surface area contributed by atoms with Gasteiger partial charge in [0.25, 0.3) is 0 Å². The maximum Gasteiger partial charge on any atom is 0.332 e. The van der Waals surface area contributed by atoms with Crippen molar-refractivity contribution in [3.05, 3.63) is 35.9 Å². The number of amides is 2. The van der Waals surface area contributed by atoms with E-state index in [2.05, 4.69) is 36.5 Å². The van der Waals surface area contributed by atoms with Gasteiger partial charge in [0.05, 0.1) is 0 Å². The fourth-order valence-electron chi connectivity index (χ4n) is 1.82. The fraction of sp³-hybridized carbons (Fsp3) is 0.385. The molecule has 0 saturated carbocycles. The van der Waals surface area contributed by atoms with Crippen LogP contribution in [-0.4, -0.2) is 11.7 Å². The van der Waals surface area contributed by atoms with E-state index in [1.165, 1.54) is 5.56 Å². The molecule has 4 heteroatoms. The van der Waals surface area contributed by atoms with Gasteiger partial charge in [-0.3, -0.25) is 0 Å². The van der Waals surface area contributed by atoms with Crippen molar-refractivity contribution in [2.75, 3.05) is 0 Å². The van der Waals surface area contributed by atoms with Crippen LogP contribution in [0, 0.1) is 0 Å². The molecular weight excluding hydrogens is 214 g/mol. The molecule has 0 atom stereocenters. The zero-order valence-electron chi connectivity index (χ0n) is 10.5. The van der Waals surface area contributed by atoms with Crippen LogP contribution in [0.25, 0.3) is 0 Å². The van der Waals surface area contributed by atoms with Crippen LogP contribution in [0.4, 0.5) is 4.79 Å². The Kier molecular flexibility index (Phi) is 4.26. The molecule has 0 fully saturated rings. The molecule has 0 aliphatic rings. The maximum atomic E-state index is 10.5. The van der Waals surface area contributed by atoms with Crippen molar-refractivity contribution in [3.8, 4) is 0 Å². The number of urea groups is 1. The van der Waals surface area contributed by atoms with E-state index in [9.17, 15) is 4.79 Å². The topological polar surface area (TPSA) is 67.5 Å². The summed E-state index contributed by atoms with van der Waals surface area (Å²) in [5.74, 6) is 0. The molecule has 4 nitrogen and oxygen atoms in total. The monoisotopic (exact) mass is 233 g/mol. The molecular formula is C13H19N3O. The molecule has 1 rings (SSSR count). The molecule has 0 unspecified atom stereocenters. The van der Waals surface area contributed by atoms with Gasteiger partial charge in [-0.1, -0.05) is 44.2 Å². The Labute approximate surface area is 102 Å². The van der Waals surface area contributed by atoms with Gasteiger partial charge in [-0.05, 0) is 24.3 Å². The third kappa shape index (κ3) is 4.26. The largest absolute Gasteiger partial charge is 0.350 e. The van der Waals surface area contributed by atoms with Gasteiger partial charge in [0.15, 0.2) is 0 Å². The average molecular weight is 233 g/mol. The smallest absolute Gasteiger partial charge is 0.332 e. The second-order valence-electron chi connectivity index (χ2n) is 4.75. The lowest BCUT2D eigenvalue weighted by Gasteiger charge is -2.25. The number of benzene rings is 1. The van der Waals surface area contributed by atoms with Gasteiger partial charge in [-0.25, -0.2) is 10.2 Å². The normalized spacial score (nSPS) is 12.3. The number of carbonyl (C=O) groups is 1. The zero-order valence-corrected chi connectivity index (χ0v) is 10.5. The highest BCUT2D eigenvalue weighted by Crippen LogP contribution is 2.26. The predicted molar refractivity (Wildman–Crippen MR) is 69.9 cm³/mol. The zero-order chi connectivity index (χ0) is 12.9. The Morgan fingerprint density at radius 3 is 2.47 bits per heavy atom. The van der Waals surface area contributed by atoms with E-state index in [1.54, 1.807) is 0 Å². The van der Waals surface area contributed by atoms with Crippen molar-refractivity contribution < 1.29 is 4.79 Å². The first-order valence-corrected chi connectivity index (χ1v) is 5.56. The number of nitrogens with two attached hydrogens (primary N) is 1. The molecule has 0 aliphatic heterocycles. The van der Waals surface area contributed by atoms with Crippen molar-refractivity contribution in [2.24, 2.45) is 10.8 Å². The number of hydrazone groups is 1. The number of hydrogen-bond acceptors (Lipinski definition) is 2. The van der Waals surface area contributed by atoms with Gasteiger partial charge < -0.3 is 5.73 Å². The summed E-state index contributed by atoms with van der Waals surface area (Å²) in [5.41, 5.74) is 9.27. The van der Waals surface area contributed by atoms with Crippen molar-refractivity contribution in [2.45, 2.75) is 32.6 Å². The Balaban J connectivity index is 2.73. The Hall–Kier alpha value is -1.84. The molecule has 0 radical (unpaired) electrons. The van der Waals surface area contributed by atoms with Crippen molar-refractivity contribution in [3.63, 3.8) is 0 Å². The molecule has 17 heavy (non-hydrogen) atoms. The number of rotatable bonds is 4. The minimum atomic E-state index is -0.637. The highest BCUT2D eigenvalue weighted by atomic mass is 16.2. The Morgan fingerprint density at radius 2 is 1.94 bits per heavy atom. The van der Waals surface area contributed by atoms with E-state index in [0.29, 0.717) is 0 Å². The summed E-state index contributed by atoms with van der Waals surface area (Å²) in [6.45, 7) is 6.16. The molecule has 0 heterocycles. The van der Waals surface area contributed by atoms with E-state index in [4.69, 9.17) is 5.73 Å². The summed E-state index contributed by atoms with van der Waals surface area (Å²) in [7, 11) is 0. The second kappa shape index (κ2) is 5.48. The van der Waals surface area contributed by atoms with E-state index in [-0.39, 0.29) is 5.41 Å². The predicted octanol–water partition coefficient (Wildman–Crippen LogP) is 2.40. The van der Waals surface area contributed by atoms with Crippen LogP contribution in [0.15, 0.2) is 35.4 Å². The SMILES string of the molecule is CC(CC(C)(C)c1ccccc1)=NNC(N)=O. The third-order valence-corrected chi connectivity index (χ3v) is 2.61. The molecule has 0 spiro atoms. The highest BCUT2D eigenvalue weighted by Gasteiger charge is 2.21. The Morgan fingerprint density at radius 1 is 1.35 bits per heavy atom. The average Bonchev–Trinajstić information content (AvgIpc) is 2.27. The van der Waals surface area contributed by atoms with Gasteiger partial charge >= 0.3 is 6.03 Å². The third-order valence-electron chi connectivity index (χ3n) is 2.61. The molecule has 3 N–H and O–H groups in total. The van der Waals surface area contributed by atoms with Crippen molar-refractivity contribution >= 4 is 11.7 Å². The van der Waals surface area contributed by atoms with E-state index >= 15 is 0 Å². The first-order valence-electron chi connectivity index (χ1n) is 5.56. The van der Waals surface area contributed by atoms with Gasteiger partial charge in [-0.15, -0.1) is 0 Å². The van der Waals surface area contributed by atoms with Gasteiger partial charge in [-0.2, -0.15) is 5.10 Å². The molecule has 92 valence electrons. The van der Waals surface area contributed by atoms with Crippen LogP contribution in [0.2, 0.25) is 0 Å². The summed E-state index contributed by atoms with van der Waals surface area (Å²) < 4.78 is 0. The summed E-state index contributed by atoms with van der Waals surface area (Å²) in [4.78, 5) is 10.5. The van der Waals surface area contributed by atoms with Crippen molar-refractivity contribution in [1.29, 1.82) is 0 Å². The van der Waals surface area contributed by atoms with Gasteiger partial charge in [0, 0.05) is 5.71 Å². The number of nitrogens with zero attached hydrogens (tertiary/aromatic N) is 1. The van der Waals surface area contributed by atoms with E-state index in [1.807, 2.05) is 25.1 Å². The maximum absolute atomic E-state index is 10.5. The van der Waals surface area contributed by atoms with Crippen LogP contribution >= 0.6 is 0 Å². The van der Waals surface area contributed by atoms with Crippen LogP contribution in [0.3, 0.4) is 0 Å². The first kappa shape index (κ1) is 13.2. The number of nitrogens with one attached hydrogen (secondary N) is 1. The second-order valence-corrected chi connectivity index (χ2v) is 4.75. The molecule has 0 saturated heterocycles. The number of carbonyl (C=O) groups excluding carboxylic acids is 1. The van der Waals surface area contributed by atoms with Crippen LogP contribution in [0.1, 0.15) is 32.8 Å². The van der Waals surface area contributed by atoms with Crippen LogP contribution < -0.4 is 11.2 Å². The van der Waals surface area contributed by atoms with E-state index < -0.39 is 6.03 Å². The minimum Gasteiger partial charge on any atom is -0.350 e. The first-order chi connectivity index (χ1) is 7.92. The lowest BCUT2D eigenvalue weighted by Crippen LogP contribution is -2.27. The lowest BCUT2D eigenvalue weighted by molar-refractivity contribution is 0.249. The van der Waals surface area contributed by atoms with Gasteiger partial charge in [0.1, 0.15) is 0 Å². The van der Waals surface area contributed by atoms with Crippen LogP contribution in [-0.2, 0) is 5.41 Å². The van der Waals surface area contributed by atoms with E-state index in [0.717, 1.165) is 12.1 Å². The number of hydrogen-bond donors (Lipinski definition) is 2. The van der Waals surface area contributed by atoms with Gasteiger partial charge in [0.2, 0.25) is 0 Å². The summed E-state index contributed by atoms with van der Waals surface area (Å²) in [5, 5.41) is 3.93. The summed E-state index contributed by atoms with van der Waals surface area (Å²) >= 11 is 0. The van der Waals surface area contributed by atoms with Crippen molar-refractivity contribution in [1.82, 2.24) is 5.43 Å². The lowest BCUT2D eigenvalue weighted by atomic mass is 9.80. The minimum absolute atomic E-state index is 0.0197. The standard InChI is InChI=1S/C13H19N3O/c1-10(15-16-12(14)17)9-13(2,3)11-7-5-4-6-8-11/h4-8H,9H2,1-3H3,(H3,14,16,17). The number of primary amides is 1. The summed E-state index contributed by atoms with van der Waals surface area (Å²) in [6, 6.07) is 9.58. The summed E-state index contributed by atoms with van der Waals surface area (Å²) in [6.07, 6.45) is 0.761. The molecule has 0 bridgehead atoms. The molecule has 0 aromatic heterocycles. The van der Waals surface area contributed by atoms with Crippen LogP contribution in [0.5, 0.6) is 0 Å². The Bertz CT molecular complexity index is 410. The fourth-order valence-corrected chi connectivity index (χ4v) is 1.82. The molecule has 1 aromatic carbocycles. The highest BCUT2D eigenvalue weighted by molar-refractivity contribution is 5.84. The molecule has 0 aliphatic carbocycles. The molecule has 1 aromatic rings. The molecule has 2 amide bonds.